The summed E-state index contributed by atoms with van der Waals surface area (Å²) < 4.78 is 12.8. The van der Waals surface area contributed by atoms with Crippen LogP contribution in [0.1, 0.15) is 10.5 Å². The van der Waals surface area contributed by atoms with Gasteiger partial charge in [0.1, 0.15) is 16.5 Å². The van der Waals surface area contributed by atoms with Gasteiger partial charge in [-0.1, -0.05) is 0 Å². The zero-order valence-corrected chi connectivity index (χ0v) is 10.5. The van der Waals surface area contributed by atoms with Crippen molar-refractivity contribution in [1.29, 1.82) is 0 Å². The highest BCUT2D eigenvalue weighted by Gasteiger charge is 2.12. The molecule has 7 heteroatoms. The van der Waals surface area contributed by atoms with Crippen LogP contribution in [-0.2, 0) is 4.79 Å². The first kappa shape index (κ1) is 13.2. The fraction of sp³-hybridized carbons (Fsp3) is 0.0833. The van der Waals surface area contributed by atoms with Crippen molar-refractivity contribution in [1.82, 2.24) is 10.3 Å². The van der Waals surface area contributed by atoms with Crippen molar-refractivity contribution in [3.05, 3.63) is 41.2 Å². The maximum atomic E-state index is 12.8. The zero-order chi connectivity index (χ0) is 13.8. The average molecular weight is 279 g/mol. The summed E-state index contributed by atoms with van der Waals surface area (Å²) in [5, 5.41) is 4.51. The van der Waals surface area contributed by atoms with E-state index in [0.717, 1.165) is 5.56 Å². The molecule has 98 valence electrons. The Bertz CT molecular complexity index is 610. The Kier molecular flexibility index (Phi) is 3.86. The summed E-state index contributed by atoms with van der Waals surface area (Å²) in [6, 6.07) is 5.81. The highest BCUT2D eigenvalue weighted by Crippen LogP contribution is 2.23. The molecule has 2 aromatic rings. The molecular formula is C12H10FN3O2S. The molecule has 3 N–H and O–H groups in total. The largest absolute Gasteiger partial charge is 0.368 e. The second kappa shape index (κ2) is 5.57. The maximum Gasteiger partial charge on any atom is 0.271 e. The summed E-state index contributed by atoms with van der Waals surface area (Å²) in [5.74, 6) is -1.43. The Morgan fingerprint density at radius 1 is 1.32 bits per heavy atom. The number of benzene rings is 1. The van der Waals surface area contributed by atoms with Gasteiger partial charge in [0.2, 0.25) is 5.91 Å². The van der Waals surface area contributed by atoms with E-state index < -0.39 is 11.8 Å². The molecule has 0 unspecified atom stereocenters. The van der Waals surface area contributed by atoms with Crippen molar-refractivity contribution < 1.29 is 14.0 Å². The van der Waals surface area contributed by atoms with E-state index in [1.807, 2.05) is 0 Å². The predicted octanol–water partition coefficient (Wildman–Crippen LogP) is 1.16. The van der Waals surface area contributed by atoms with Crippen molar-refractivity contribution in [2.75, 3.05) is 6.54 Å². The van der Waals surface area contributed by atoms with Crippen LogP contribution < -0.4 is 11.1 Å². The van der Waals surface area contributed by atoms with Crippen LogP contribution >= 0.6 is 11.3 Å². The van der Waals surface area contributed by atoms with Crippen LogP contribution in [0.5, 0.6) is 0 Å². The normalized spacial score (nSPS) is 10.2. The minimum atomic E-state index is -0.623. The van der Waals surface area contributed by atoms with Crippen molar-refractivity contribution in [2.45, 2.75) is 0 Å². The molecule has 2 amide bonds. The number of halogens is 1. The van der Waals surface area contributed by atoms with Crippen LogP contribution in [0, 0.1) is 5.82 Å². The van der Waals surface area contributed by atoms with Gasteiger partial charge in [-0.3, -0.25) is 9.59 Å². The van der Waals surface area contributed by atoms with Crippen molar-refractivity contribution in [3.63, 3.8) is 0 Å². The third-order valence-electron chi connectivity index (χ3n) is 2.25. The molecule has 19 heavy (non-hydrogen) atoms. The molecule has 1 aromatic heterocycles. The number of primary amides is 1. The van der Waals surface area contributed by atoms with Crippen molar-refractivity contribution in [3.8, 4) is 10.6 Å². The quantitative estimate of drug-likeness (QED) is 0.880. The van der Waals surface area contributed by atoms with Crippen LogP contribution in [0.4, 0.5) is 4.39 Å². The lowest BCUT2D eigenvalue weighted by Gasteiger charge is -1.98. The monoisotopic (exact) mass is 279 g/mol. The first-order valence-corrected chi connectivity index (χ1v) is 6.22. The molecule has 0 aliphatic rings. The van der Waals surface area contributed by atoms with Gasteiger partial charge in [0.05, 0.1) is 6.54 Å². The molecule has 2 rings (SSSR count). The van der Waals surface area contributed by atoms with Crippen LogP contribution in [0.3, 0.4) is 0 Å². The average Bonchev–Trinajstić information content (AvgIpc) is 2.86. The lowest BCUT2D eigenvalue weighted by molar-refractivity contribution is -0.117. The fourth-order valence-corrected chi connectivity index (χ4v) is 2.17. The number of carbonyl (C=O) groups is 2. The van der Waals surface area contributed by atoms with Crippen LogP contribution in [-0.4, -0.2) is 23.3 Å². The Labute approximate surface area is 112 Å². The van der Waals surface area contributed by atoms with Crippen LogP contribution in [0.15, 0.2) is 29.6 Å². The molecule has 0 fully saturated rings. The predicted molar refractivity (Wildman–Crippen MR) is 69.0 cm³/mol. The van der Waals surface area contributed by atoms with E-state index in [-0.39, 0.29) is 18.1 Å². The van der Waals surface area contributed by atoms with Crippen LogP contribution in [0.25, 0.3) is 10.6 Å². The zero-order valence-electron chi connectivity index (χ0n) is 9.72. The van der Waals surface area contributed by atoms with Gasteiger partial charge in [-0.15, -0.1) is 11.3 Å². The van der Waals surface area contributed by atoms with Gasteiger partial charge in [0.15, 0.2) is 0 Å². The van der Waals surface area contributed by atoms with E-state index in [4.69, 9.17) is 5.73 Å². The van der Waals surface area contributed by atoms with Gasteiger partial charge in [0, 0.05) is 10.9 Å². The molecule has 0 spiro atoms. The summed E-state index contributed by atoms with van der Waals surface area (Å²) in [5.41, 5.74) is 5.84. The van der Waals surface area contributed by atoms with Gasteiger partial charge >= 0.3 is 0 Å². The number of nitrogens with zero attached hydrogens (tertiary/aromatic N) is 1. The fourth-order valence-electron chi connectivity index (χ4n) is 1.36. The maximum absolute atomic E-state index is 12.8. The highest BCUT2D eigenvalue weighted by atomic mass is 32.1. The molecule has 0 atom stereocenters. The summed E-state index contributed by atoms with van der Waals surface area (Å²) in [6.45, 7) is -0.234. The number of thiazole rings is 1. The minimum absolute atomic E-state index is 0.200. The third-order valence-corrected chi connectivity index (χ3v) is 3.14. The van der Waals surface area contributed by atoms with E-state index in [9.17, 15) is 14.0 Å². The Morgan fingerprint density at radius 3 is 2.63 bits per heavy atom. The molecule has 0 aliphatic heterocycles. The van der Waals surface area contributed by atoms with E-state index in [1.54, 1.807) is 17.5 Å². The van der Waals surface area contributed by atoms with Gasteiger partial charge in [0.25, 0.3) is 5.91 Å². The number of aromatic nitrogens is 1. The molecular weight excluding hydrogens is 269 g/mol. The lowest BCUT2D eigenvalue weighted by atomic mass is 10.2. The van der Waals surface area contributed by atoms with E-state index in [0.29, 0.717) is 5.01 Å². The number of carbonyl (C=O) groups excluding carboxylic acids is 2. The molecule has 0 bridgehead atoms. The standard InChI is InChI=1S/C12H10FN3O2S/c13-8-3-1-7(2-4-8)12-16-9(6-19-12)11(18)15-5-10(14)17/h1-4,6H,5H2,(H2,14,17)(H,15,18). The number of nitrogens with one attached hydrogen (secondary N) is 1. The molecule has 0 radical (unpaired) electrons. The summed E-state index contributed by atoms with van der Waals surface area (Å²) >= 11 is 1.26. The molecule has 5 nitrogen and oxygen atoms in total. The second-order valence-corrected chi connectivity index (χ2v) is 4.55. The first-order valence-electron chi connectivity index (χ1n) is 5.34. The number of hydrogen-bond acceptors (Lipinski definition) is 4. The summed E-state index contributed by atoms with van der Waals surface area (Å²) in [6.07, 6.45) is 0. The summed E-state index contributed by atoms with van der Waals surface area (Å²) in [7, 11) is 0. The van der Waals surface area contributed by atoms with Crippen molar-refractivity contribution in [2.24, 2.45) is 5.73 Å². The lowest BCUT2D eigenvalue weighted by Crippen LogP contribution is -2.33. The van der Waals surface area contributed by atoms with Gasteiger partial charge < -0.3 is 11.1 Å². The molecule has 0 saturated heterocycles. The summed E-state index contributed by atoms with van der Waals surface area (Å²) in [4.78, 5) is 26.3. The minimum Gasteiger partial charge on any atom is -0.368 e. The van der Waals surface area contributed by atoms with Gasteiger partial charge in [-0.05, 0) is 24.3 Å². The molecule has 0 aliphatic carbocycles. The van der Waals surface area contributed by atoms with Crippen molar-refractivity contribution >= 4 is 23.2 Å². The Hall–Kier alpha value is -2.28. The third kappa shape index (κ3) is 3.35. The van der Waals surface area contributed by atoms with Crippen LogP contribution in [0.2, 0.25) is 0 Å². The van der Waals surface area contributed by atoms with E-state index in [1.165, 1.54) is 23.5 Å². The van der Waals surface area contributed by atoms with Gasteiger partial charge in [-0.2, -0.15) is 0 Å². The second-order valence-electron chi connectivity index (χ2n) is 3.69. The Morgan fingerprint density at radius 2 is 2.00 bits per heavy atom. The molecule has 1 heterocycles. The molecule has 0 saturated carbocycles. The number of amides is 2. The Balaban J connectivity index is 2.12. The SMILES string of the molecule is NC(=O)CNC(=O)c1csc(-c2ccc(F)cc2)n1. The van der Waals surface area contributed by atoms with E-state index in [2.05, 4.69) is 10.3 Å². The number of rotatable bonds is 4. The smallest absolute Gasteiger partial charge is 0.271 e. The number of nitrogens with two attached hydrogens (primary N) is 1. The first-order chi connectivity index (χ1) is 9.06. The topological polar surface area (TPSA) is 85.1 Å². The van der Waals surface area contributed by atoms with E-state index >= 15 is 0 Å². The number of hydrogen-bond donors (Lipinski definition) is 2. The van der Waals surface area contributed by atoms with Gasteiger partial charge in [-0.25, -0.2) is 9.37 Å². The highest BCUT2D eigenvalue weighted by molar-refractivity contribution is 7.13. The molecule has 1 aromatic carbocycles.